The summed E-state index contributed by atoms with van der Waals surface area (Å²) in [5, 5.41) is 0.270. The summed E-state index contributed by atoms with van der Waals surface area (Å²) in [6, 6.07) is 9.46. The first-order valence-corrected chi connectivity index (χ1v) is 4.70. The van der Waals surface area contributed by atoms with Crippen molar-refractivity contribution in [2.45, 2.75) is 0 Å². The second-order valence-electron chi connectivity index (χ2n) is 3.00. The number of anilines is 2. The summed E-state index contributed by atoms with van der Waals surface area (Å²) in [7, 11) is 0. The molecule has 0 aliphatic rings. The summed E-state index contributed by atoms with van der Waals surface area (Å²) in [6.07, 6.45) is 0. The molecule has 15 heavy (non-hydrogen) atoms. The van der Waals surface area contributed by atoms with Gasteiger partial charge in [-0.15, -0.1) is 0 Å². The normalized spacial score (nSPS) is 10.2. The van der Waals surface area contributed by atoms with Crippen LogP contribution in [0.4, 0.5) is 11.8 Å². The molecule has 0 spiro atoms. The van der Waals surface area contributed by atoms with Crippen molar-refractivity contribution in [1.29, 1.82) is 0 Å². The quantitative estimate of drug-likeness (QED) is 0.721. The van der Waals surface area contributed by atoms with Crippen molar-refractivity contribution in [1.82, 2.24) is 9.97 Å². The highest BCUT2D eigenvalue weighted by Gasteiger charge is 2.10. The molecule has 1 aromatic heterocycles. The van der Waals surface area contributed by atoms with Crippen LogP contribution in [0.5, 0.6) is 0 Å². The molecule has 1 heterocycles. The molecule has 0 aliphatic heterocycles. The standard InChI is InChI=1S/C10H9ClN4/c11-8-7(6-4-2-1-3-5-6)9(12)15-10(13)14-8/h1-5H,(H4,12,13,14,15). The number of benzene rings is 1. The summed E-state index contributed by atoms with van der Waals surface area (Å²) < 4.78 is 0. The Hall–Kier alpha value is -1.81. The molecule has 0 bridgehead atoms. The lowest BCUT2D eigenvalue weighted by Crippen LogP contribution is -2.02. The molecule has 2 aromatic rings. The monoisotopic (exact) mass is 220 g/mol. The third-order valence-corrected chi connectivity index (χ3v) is 2.25. The van der Waals surface area contributed by atoms with Crippen LogP contribution >= 0.6 is 11.6 Å². The minimum absolute atomic E-state index is 0.0807. The second kappa shape index (κ2) is 3.74. The number of nitrogens with two attached hydrogens (primary N) is 2. The van der Waals surface area contributed by atoms with Gasteiger partial charge < -0.3 is 11.5 Å². The average Bonchev–Trinajstić information content (AvgIpc) is 2.17. The summed E-state index contributed by atoms with van der Waals surface area (Å²) >= 11 is 5.96. The lowest BCUT2D eigenvalue weighted by molar-refractivity contribution is 1.20. The highest BCUT2D eigenvalue weighted by Crippen LogP contribution is 2.30. The lowest BCUT2D eigenvalue weighted by atomic mass is 10.1. The maximum absolute atomic E-state index is 5.96. The molecule has 0 fully saturated rings. The number of hydrogen-bond donors (Lipinski definition) is 2. The van der Waals surface area contributed by atoms with Crippen molar-refractivity contribution in [3.63, 3.8) is 0 Å². The highest BCUT2D eigenvalue weighted by atomic mass is 35.5. The van der Waals surface area contributed by atoms with Gasteiger partial charge in [-0.05, 0) is 5.56 Å². The van der Waals surface area contributed by atoms with Crippen LogP contribution in [0.1, 0.15) is 0 Å². The Labute approximate surface area is 91.9 Å². The minimum Gasteiger partial charge on any atom is -0.383 e. The molecule has 0 saturated carbocycles. The van der Waals surface area contributed by atoms with Crippen LogP contribution in [0.3, 0.4) is 0 Å². The van der Waals surface area contributed by atoms with Crippen LogP contribution in [0.2, 0.25) is 5.15 Å². The third kappa shape index (κ3) is 1.85. The SMILES string of the molecule is Nc1nc(N)c(-c2ccccc2)c(Cl)n1. The van der Waals surface area contributed by atoms with Crippen LogP contribution in [-0.2, 0) is 0 Å². The van der Waals surface area contributed by atoms with Crippen LogP contribution in [0, 0.1) is 0 Å². The largest absolute Gasteiger partial charge is 0.383 e. The van der Waals surface area contributed by atoms with Gasteiger partial charge in [0.1, 0.15) is 11.0 Å². The zero-order chi connectivity index (χ0) is 10.8. The van der Waals surface area contributed by atoms with E-state index in [2.05, 4.69) is 9.97 Å². The molecule has 0 aliphatic carbocycles. The molecule has 0 unspecified atom stereocenters. The Morgan fingerprint density at radius 3 is 2.27 bits per heavy atom. The fraction of sp³-hybridized carbons (Fsp3) is 0. The van der Waals surface area contributed by atoms with E-state index < -0.39 is 0 Å². The van der Waals surface area contributed by atoms with Gasteiger partial charge in [0.2, 0.25) is 5.95 Å². The van der Waals surface area contributed by atoms with E-state index in [-0.39, 0.29) is 11.1 Å². The molecule has 4 N–H and O–H groups in total. The average molecular weight is 221 g/mol. The molecule has 1 aromatic carbocycles. The molecule has 0 saturated heterocycles. The van der Waals surface area contributed by atoms with Crippen molar-refractivity contribution < 1.29 is 0 Å². The Morgan fingerprint density at radius 1 is 1.00 bits per heavy atom. The van der Waals surface area contributed by atoms with Gasteiger partial charge in [-0.25, -0.2) is 4.98 Å². The Morgan fingerprint density at radius 2 is 1.67 bits per heavy atom. The van der Waals surface area contributed by atoms with Crippen molar-refractivity contribution in [2.75, 3.05) is 11.5 Å². The minimum atomic E-state index is 0.0807. The molecule has 0 atom stereocenters. The topological polar surface area (TPSA) is 77.8 Å². The summed E-state index contributed by atoms with van der Waals surface area (Å²) in [4.78, 5) is 7.73. The molecule has 4 nitrogen and oxygen atoms in total. The van der Waals surface area contributed by atoms with Crippen LogP contribution in [0.15, 0.2) is 30.3 Å². The summed E-state index contributed by atoms with van der Waals surface area (Å²) in [6.45, 7) is 0. The number of aromatic nitrogens is 2. The Bertz CT molecular complexity index is 461. The second-order valence-corrected chi connectivity index (χ2v) is 3.36. The van der Waals surface area contributed by atoms with E-state index in [1.54, 1.807) is 0 Å². The van der Waals surface area contributed by atoms with Gasteiger partial charge >= 0.3 is 0 Å². The molecular formula is C10H9ClN4. The first-order chi connectivity index (χ1) is 7.18. The predicted octanol–water partition coefficient (Wildman–Crippen LogP) is 1.96. The van der Waals surface area contributed by atoms with Crippen molar-refractivity contribution in [3.05, 3.63) is 35.5 Å². The smallest absolute Gasteiger partial charge is 0.223 e. The number of nitrogens with zero attached hydrogens (tertiary/aromatic N) is 2. The van der Waals surface area contributed by atoms with Gasteiger partial charge in [0.05, 0.1) is 5.56 Å². The summed E-state index contributed by atoms with van der Waals surface area (Å²) in [5.74, 6) is 0.371. The molecule has 2 rings (SSSR count). The maximum Gasteiger partial charge on any atom is 0.223 e. The van der Waals surface area contributed by atoms with E-state index in [0.29, 0.717) is 11.4 Å². The Balaban J connectivity index is 2.64. The number of nitrogen functional groups attached to an aromatic ring is 2. The van der Waals surface area contributed by atoms with E-state index in [1.165, 1.54) is 0 Å². The first kappa shape index (κ1) is 9.73. The van der Waals surface area contributed by atoms with Crippen LogP contribution < -0.4 is 11.5 Å². The number of hydrogen-bond acceptors (Lipinski definition) is 4. The molecule has 0 radical (unpaired) electrons. The van der Waals surface area contributed by atoms with E-state index in [4.69, 9.17) is 23.1 Å². The van der Waals surface area contributed by atoms with Gasteiger partial charge in [0.25, 0.3) is 0 Å². The van der Waals surface area contributed by atoms with Gasteiger partial charge in [-0.3, -0.25) is 0 Å². The van der Waals surface area contributed by atoms with E-state index >= 15 is 0 Å². The van der Waals surface area contributed by atoms with Gasteiger partial charge in [-0.1, -0.05) is 41.9 Å². The summed E-state index contributed by atoms with van der Waals surface area (Å²) in [5.41, 5.74) is 12.7. The van der Waals surface area contributed by atoms with E-state index in [9.17, 15) is 0 Å². The van der Waals surface area contributed by atoms with Crippen molar-refractivity contribution >= 4 is 23.4 Å². The van der Waals surface area contributed by atoms with E-state index in [0.717, 1.165) is 5.56 Å². The fourth-order valence-corrected chi connectivity index (χ4v) is 1.63. The molecular weight excluding hydrogens is 212 g/mol. The first-order valence-electron chi connectivity index (χ1n) is 4.32. The highest BCUT2D eigenvalue weighted by molar-refractivity contribution is 6.32. The van der Waals surface area contributed by atoms with Crippen molar-refractivity contribution in [2.24, 2.45) is 0 Å². The maximum atomic E-state index is 5.96. The third-order valence-electron chi connectivity index (χ3n) is 1.97. The van der Waals surface area contributed by atoms with Crippen LogP contribution in [0.25, 0.3) is 11.1 Å². The number of rotatable bonds is 1. The number of halogens is 1. The van der Waals surface area contributed by atoms with Crippen molar-refractivity contribution in [3.8, 4) is 11.1 Å². The lowest BCUT2D eigenvalue weighted by Gasteiger charge is -2.06. The molecule has 5 heteroatoms. The molecule has 76 valence electrons. The van der Waals surface area contributed by atoms with Crippen LogP contribution in [-0.4, -0.2) is 9.97 Å². The van der Waals surface area contributed by atoms with E-state index in [1.807, 2.05) is 30.3 Å². The predicted molar refractivity (Wildman–Crippen MR) is 61.3 cm³/mol. The zero-order valence-corrected chi connectivity index (χ0v) is 8.57. The Kier molecular flexibility index (Phi) is 2.43. The van der Waals surface area contributed by atoms with Gasteiger partial charge in [0, 0.05) is 0 Å². The fourth-order valence-electron chi connectivity index (χ4n) is 1.34. The molecule has 0 amide bonds. The van der Waals surface area contributed by atoms with Gasteiger partial charge in [-0.2, -0.15) is 4.98 Å². The zero-order valence-electron chi connectivity index (χ0n) is 7.81. The van der Waals surface area contributed by atoms with Gasteiger partial charge in [0.15, 0.2) is 0 Å².